The van der Waals surface area contributed by atoms with Gasteiger partial charge in [-0.1, -0.05) is 194 Å². The Morgan fingerprint density at radius 3 is 1.17 bits per heavy atom. The molecule has 11 heteroatoms. The zero-order valence-corrected chi connectivity index (χ0v) is 35.2. The van der Waals surface area contributed by atoms with Crippen LogP contribution < -0.4 is 0 Å². The Bertz CT molecular complexity index is 858. The van der Waals surface area contributed by atoms with Crippen molar-refractivity contribution in [2.45, 2.75) is 232 Å². The molecule has 0 aromatic carbocycles. The lowest BCUT2D eigenvalue weighted by Crippen LogP contribution is -2.29. The summed E-state index contributed by atoms with van der Waals surface area (Å²) >= 11 is 0. The van der Waals surface area contributed by atoms with E-state index in [-0.39, 0.29) is 19.4 Å². The van der Waals surface area contributed by atoms with Crippen LogP contribution in [-0.4, -0.2) is 65.7 Å². The van der Waals surface area contributed by atoms with Gasteiger partial charge in [0, 0.05) is 12.8 Å². The van der Waals surface area contributed by atoms with Gasteiger partial charge >= 0.3 is 19.8 Å². The summed E-state index contributed by atoms with van der Waals surface area (Å²) < 4.78 is 32.7. The Morgan fingerprint density at radius 1 is 0.491 bits per heavy atom. The first-order chi connectivity index (χ1) is 25.7. The molecule has 0 saturated carbocycles. The van der Waals surface area contributed by atoms with Crippen LogP contribution in [0.3, 0.4) is 0 Å². The maximum absolute atomic E-state index is 12.6. The summed E-state index contributed by atoms with van der Waals surface area (Å²) in [5, 5.41) is 18.3. The number of hydrogen-bond donors (Lipinski definition) is 3. The maximum Gasteiger partial charge on any atom is 0.472 e. The van der Waals surface area contributed by atoms with Crippen molar-refractivity contribution < 1.29 is 47.8 Å². The minimum Gasteiger partial charge on any atom is -0.462 e. The molecule has 53 heavy (non-hydrogen) atoms. The Labute approximate surface area is 324 Å². The van der Waals surface area contributed by atoms with Crippen molar-refractivity contribution in [3.8, 4) is 0 Å². The first-order valence-corrected chi connectivity index (χ1v) is 23.5. The second kappa shape index (κ2) is 39.2. The normalized spacial score (nSPS) is 13.8. The number of rotatable bonds is 42. The molecule has 0 fully saturated rings. The molecule has 0 aliphatic carbocycles. The molecule has 0 aromatic heterocycles. The fourth-order valence-corrected chi connectivity index (χ4v) is 7.14. The highest BCUT2D eigenvalue weighted by Crippen LogP contribution is 2.43. The van der Waals surface area contributed by atoms with E-state index in [9.17, 15) is 24.2 Å². The van der Waals surface area contributed by atoms with E-state index in [1.807, 2.05) is 0 Å². The SMILES string of the molecule is CCCCCCCCCCCCCCCCCCCCCC(=O)OC[C@H](COP(=O)(O)OC[C@@H](O)CO)OC(=O)CCCCCCCCCCCCC. The van der Waals surface area contributed by atoms with Gasteiger partial charge in [0.05, 0.1) is 19.8 Å². The molecule has 0 spiro atoms. The van der Waals surface area contributed by atoms with E-state index in [1.165, 1.54) is 148 Å². The van der Waals surface area contributed by atoms with Crippen molar-refractivity contribution in [2.75, 3.05) is 26.4 Å². The summed E-state index contributed by atoms with van der Waals surface area (Å²) in [4.78, 5) is 34.9. The predicted octanol–water partition coefficient (Wildman–Crippen LogP) is 11.5. The molecular weight excluding hydrogens is 695 g/mol. The van der Waals surface area contributed by atoms with Gasteiger partial charge in [-0.25, -0.2) is 4.57 Å². The number of esters is 2. The monoisotopic (exact) mass is 779 g/mol. The Hall–Kier alpha value is -1.03. The average Bonchev–Trinajstić information content (AvgIpc) is 3.14. The lowest BCUT2D eigenvalue weighted by atomic mass is 10.0. The zero-order chi connectivity index (χ0) is 39.1. The first-order valence-electron chi connectivity index (χ1n) is 22.0. The van der Waals surface area contributed by atoms with Crippen LogP contribution in [0.1, 0.15) is 219 Å². The van der Waals surface area contributed by atoms with E-state index in [0.29, 0.717) is 12.8 Å². The molecule has 0 amide bonds. The number of aliphatic hydroxyl groups is 2. The van der Waals surface area contributed by atoms with Crippen molar-refractivity contribution in [3.05, 3.63) is 0 Å². The van der Waals surface area contributed by atoms with Crippen LogP contribution in [0.15, 0.2) is 0 Å². The number of carbonyl (C=O) groups is 2. The van der Waals surface area contributed by atoms with Crippen molar-refractivity contribution >= 4 is 19.8 Å². The molecule has 1 unspecified atom stereocenters. The van der Waals surface area contributed by atoms with E-state index >= 15 is 0 Å². The Balaban J connectivity index is 4.17. The van der Waals surface area contributed by atoms with Crippen molar-refractivity contribution in [2.24, 2.45) is 0 Å². The van der Waals surface area contributed by atoms with Crippen LogP contribution in [0.2, 0.25) is 0 Å². The number of ether oxygens (including phenoxy) is 2. The number of hydrogen-bond acceptors (Lipinski definition) is 9. The molecule has 3 atom stereocenters. The van der Waals surface area contributed by atoms with Crippen LogP contribution in [0, 0.1) is 0 Å². The zero-order valence-electron chi connectivity index (χ0n) is 34.3. The second-order valence-corrected chi connectivity index (χ2v) is 16.5. The van der Waals surface area contributed by atoms with Gasteiger partial charge in [-0.15, -0.1) is 0 Å². The van der Waals surface area contributed by atoms with Crippen molar-refractivity contribution in [3.63, 3.8) is 0 Å². The van der Waals surface area contributed by atoms with Gasteiger partial charge in [0.15, 0.2) is 6.10 Å². The fraction of sp³-hybridized carbons (Fsp3) is 0.952. The first kappa shape index (κ1) is 52.0. The molecule has 0 aliphatic rings. The van der Waals surface area contributed by atoms with E-state index < -0.39 is 51.8 Å². The van der Waals surface area contributed by atoms with Gasteiger partial charge in [-0.3, -0.25) is 18.6 Å². The van der Waals surface area contributed by atoms with Crippen LogP contribution in [0.4, 0.5) is 0 Å². The van der Waals surface area contributed by atoms with Gasteiger partial charge in [-0.2, -0.15) is 0 Å². The molecule has 0 aliphatic heterocycles. The molecule has 3 N–H and O–H groups in total. The maximum atomic E-state index is 12.6. The summed E-state index contributed by atoms with van der Waals surface area (Å²) in [5.41, 5.74) is 0. The van der Waals surface area contributed by atoms with Crippen LogP contribution >= 0.6 is 7.82 Å². The highest BCUT2D eigenvalue weighted by Gasteiger charge is 2.27. The van der Waals surface area contributed by atoms with Gasteiger partial charge in [0.1, 0.15) is 12.7 Å². The molecule has 0 rings (SSSR count). The lowest BCUT2D eigenvalue weighted by molar-refractivity contribution is -0.161. The summed E-state index contributed by atoms with van der Waals surface area (Å²) in [5.74, 6) is -0.911. The highest BCUT2D eigenvalue weighted by molar-refractivity contribution is 7.47. The molecule has 0 bridgehead atoms. The number of carbonyl (C=O) groups excluding carboxylic acids is 2. The number of aliphatic hydroxyl groups excluding tert-OH is 2. The average molecular weight is 779 g/mol. The summed E-state index contributed by atoms with van der Waals surface area (Å²) in [7, 11) is -4.61. The highest BCUT2D eigenvalue weighted by atomic mass is 31.2. The topological polar surface area (TPSA) is 149 Å². The van der Waals surface area contributed by atoms with Gasteiger partial charge < -0.3 is 24.6 Å². The number of phosphoric acid groups is 1. The van der Waals surface area contributed by atoms with Gasteiger partial charge in [0.2, 0.25) is 0 Å². The second-order valence-electron chi connectivity index (χ2n) is 15.1. The molecule has 0 aromatic rings. The molecule has 0 radical (unpaired) electrons. The van der Waals surface area contributed by atoms with E-state index in [2.05, 4.69) is 18.4 Å². The lowest BCUT2D eigenvalue weighted by Gasteiger charge is -2.20. The molecule has 0 heterocycles. The number of phosphoric ester groups is 1. The molecule has 316 valence electrons. The summed E-state index contributed by atoms with van der Waals surface area (Å²) in [6.45, 7) is 2.41. The largest absolute Gasteiger partial charge is 0.472 e. The molecule has 10 nitrogen and oxygen atoms in total. The van der Waals surface area contributed by atoms with Crippen LogP contribution in [-0.2, 0) is 32.7 Å². The fourth-order valence-electron chi connectivity index (χ4n) is 6.35. The smallest absolute Gasteiger partial charge is 0.462 e. The van der Waals surface area contributed by atoms with Crippen LogP contribution in [0.5, 0.6) is 0 Å². The Kier molecular flexibility index (Phi) is 38.5. The third-order valence-corrected chi connectivity index (χ3v) is 10.7. The summed E-state index contributed by atoms with van der Waals surface area (Å²) in [6, 6.07) is 0. The van der Waals surface area contributed by atoms with Crippen LogP contribution in [0.25, 0.3) is 0 Å². The number of unbranched alkanes of at least 4 members (excludes halogenated alkanes) is 28. The van der Waals surface area contributed by atoms with Gasteiger partial charge in [0.25, 0.3) is 0 Å². The minimum atomic E-state index is -4.61. The quantitative estimate of drug-likeness (QED) is 0.0310. The van der Waals surface area contributed by atoms with E-state index in [1.54, 1.807) is 0 Å². The predicted molar refractivity (Wildman–Crippen MR) is 215 cm³/mol. The van der Waals surface area contributed by atoms with Gasteiger partial charge in [-0.05, 0) is 12.8 Å². The Morgan fingerprint density at radius 2 is 0.811 bits per heavy atom. The third-order valence-electron chi connectivity index (χ3n) is 9.76. The van der Waals surface area contributed by atoms with Crippen molar-refractivity contribution in [1.82, 2.24) is 0 Å². The minimum absolute atomic E-state index is 0.191. The van der Waals surface area contributed by atoms with Crippen molar-refractivity contribution in [1.29, 1.82) is 0 Å². The molecule has 0 saturated heterocycles. The van der Waals surface area contributed by atoms with E-state index in [4.69, 9.17) is 19.1 Å². The van der Waals surface area contributed by atoms with E-state index in [0.717, 1.165) is 32.1 Å². The summed E-state index contributed by atoms with van der Waals surface area (Å²) in [6.07, 6.45) is 35.0. The molecular formula is C42H83O10P. The third kappa shape index (κ3) is 39.0. The standard InChI is InChI=1S/C42H83O10P/c1-3-5-7-9-11-13-15-16-17-18-19-20-21-22-24-25-27-29-31-33-41(45)49-37-40(38-51-53(47,48)50-36-39(44)35-43)52-42(46)34-32-30-28-26-23-14-12-10-8-6-4-2/h39-40,43-44H,3-38H2,1-2H3,(H,47,48)/t39-,40+/m0/s1.